The van der Waals surface area contributed by atoms with Crippen molar-refractivity contribution in [3.05, 3.63) is 58.7 Å². The van der Waals surface area contributed by atoms with E-state index in [1.165, 1.54) is 94.6 Å². The summed E-state index contributed by atoms with van der Waals surface area (Å²) in [6.07, 6.45) is 20.1. The van der Waals surface area contributed by atoms with Crippen LogP contribution in [0.25, 0.3) is 0 Å². The van der Waals surface area contributed by atoms with Gasteiger partial charge in [-0.3, -0.25) is 9.59 Å². The molecule has 5 nitrogen and oxygen atoms in total. The molecule has 0 spiro atoms. The standard InChI is InChI=1S/C42H64O5/c1-8-9-10-11-12-13-14-15-16-17-18-19-20-21-22-23-36(43)46-31-30-45-33-26-24-32(25-27-33)37-38-35(47-40(37)44)29-28-34(41(2,3)4)39(38)42(5,6)7/h24-29,37H,8-23,30-31H2,1-7H3. The van der Waals surface area contributed by atoms with Gasteiger partial charge in [0.25, 0.3) is 0 Å². The second kappa shape index (κ2) is 19.2. The lowest BCUT2D eigenvalue weighted by Crippen LogP contribution is -2.25. The predicted molar refractivity (Wildman–Crippen MR) is 194 cm³/mol. The number of esters is 2. The molecule has 47 heavy (non-hydrogen) atoms. The molecule has 3 rings (SSSR count). The summed E-state index contributed by atoms with van der Waals surface area (Å²) in [5, 5.41) is 0. The summed E-state index contributed by atoms with van der Waals surface area (Å²) in [4.78, 5) is 25.3. The summed E-state index contributed by atoms with van der Waals surface area (Å²) in [7, 11) is 0. The fourth-order valence-electron chi connectivity index (χ4n) is 6.78. The number of benzene rings is 2. The molecule has 1 heterocycles. The van der Waals surface area contributed by atoms with Gasteiger partial charge in [-0.15, -0.1) is 0 Å². The molecule has 0 saturated heterocycles. The molecule has 262 valence electrons. The maximum atomic E-state index is 13.2. The summed E-state index contributed by atoms with van der Waals surface area (Å²) in [6, 6.07) is 11.7. The largest absolute Gasteiger partial charge is 0.490 e. The molecule has 1 unspecified atom stereocenters. The van der Waals surface area contributed by atoms with Crippen LogP contribution in [0.4, 0.5) is 0 Å². The Kier molecular flexibility index (Phi) is 15.8. The van der Waals surface area contributed by atoms with E-state index in [0.717, 1.165) is 24.0 Å². The molecular formula is C42H64O5. The lowest BCUT2D eigenvalue weighted by atomic mass is 9.70. The lowest BCUT2D eigenvalue weighted by Gasteiger charge is -2.32. The molecule has 1 aliphatic heterocycles. The normalized spacial score (nSPS) is 14.6. The minimum Gasteiger partial charge on any atom is -0.490 e. The number of hydrogen-bond acceptors (Lipinski definition) is 5. The Morgan fingerprint density at radius 1 is 0.681 bits per heavy atom. The van der Waals surface area contributed by atoms with Crippen molar-refractivity contribution in [1.82, 2.24) is 0 Å². The van der Waals surface area contributed by atoms with Gasteiger partial charge >= 0.3 is 11.9 Å². The maximum Gasteiger partial charge on any atom is 0.323 e. The van der Waals surface area contributed by atoms with Gasteiger partial charge in [-0.25, -0.2) is 0 Å². The first-order valence-corrected chi connectivity index (χ1v) is 18.7. The van der Waals surface area contributed by atoms with Crippen LogP contribution in [0.5, 0.6) is 11.5 Å². The highest BCUT2D eigenvalue weighted by Gasteiger charge is 2.41. The van der Waals surface area contributed by atoms with Crippen LogP contribution in [0.3, 0.4) is 0 Å². The summed E-state index contributed by atoms with van der Waals surface area (Å²) >= 11 is 0. The average molecular weight is 649 g/mol. The average Bonchev–Trinajstić information content (AvgIpc) is 3.35. The number of carbonyl (C=O) groups excluding carboxylic acids is 2. The fourth-order valence-corrected chi connectivity index (χ4v) is 6.78. The SMILES string of the molecule is CCCCCCCCCCCCCCCCCC(=O)OCCOc1ccc(C2C(=O)Oc3ccc(C(C)(C)C)c(C(C)(C)C)c32)cc1. The van der Waals surface area contributed by atoms with E-state index < -0.39 is 5.92 Å². The van der Waals surface area contributed by atoms with E-state index in [2.05, 4.69) is 54.5 Å². The first kappa shape index (κ1) is 38.6. The molecule has 2 aromatic rings. The second-order valence-corrected chi connectivity index (χ2v) is 15.6. The van der Waals surface area contributed by atoms with E-state index >= 15 is 0 Å². The Morgan fingerprint density at radius 3 is 1.72 bits per heavy atom. The molecule has 0 saturated carbocycles. The van der Waals surface area contributed by atoms with Crippen LogP contribution >= 0.6 is 0 Å². The van der Waals surface area contributed by atoms with E-state index in [0.29, 0.717) is 24.5 Å². The van der Waals surface area contributed by atoms with Gasteiger partial charge in [0.05, 0.1) is 0 Å². The quantitative estimate of drug-likeness (QED) is 0.0766. The Labute approximate surface area is 286 Å². The van der Waals surface area contributed by atoms with E-state index in [-0.39, 0.29) is 29.4 Å². The first-order chi connectivity index (χ1) is 22.4. The topological polar surface area (TPSA) is 61.8 Å². The van der Waals surface area contributed by atoms with Gasteiger partial charge in [-0.05, 0) is 52.1 Å². The van der Waals surface area contributed by atoms with Crippen LogP contribution in [0.2, 0.25) is 0 Å². The Morgan fingerprint density at radius 2 is 1.21 bits per heavy atom. The molecule has 5 heteroatoms. The minimum atomic E-state index is -0.476. The molecule has 1 atom stereocenters. The van der Waals surface area contributed by atoms with Crippen LogP contribution in [-0.4, -0.2) is 25.2 Å². The van der Waals surface area contributed by atoms with Crippen LogP contribution < -0.4 is 9.47 Å². The van der Waals surface area contributed by atoms with E-state index in [9.17, 15) is 9.59 Å². The number of rotatable bonds is 21. The number of fused-ring (bicyclic) bond motifs is 1. The summed E-state index contributed by atoms with van der Waals surface area (Å²) in [6.45, 7) is 16.0. The molecule has 0 amide bonds. The Hall–Kier alpha value is -2.82. The van der Waals surface area contributed by atoms with Gasteiger partial charge in [0.2, 0.25) is 0 Å². The minimum absolute atomic E-state index is 0.0685. The molecule has 0 bridgehead atoms. The lowest BCUT2D eigenvalue weighted by molar-refractivity contribution is -0.144. The van der Waals surface area contributed by atoms with Crippen molar-refractivity contribution >= 4 is 11.9 Å². The summed E-state index contributed by atoms with van der Waals surface area (Å²) in [5.74, 6) is 0.464. The first-order valence-electron chi connectivity index (χ1n) is 18.7. The molecule has 0 fully saturated rings. The zero-order chi connectivity index (χ0) is 34.3. The van der Waals surface area contributed by atoms with Crippen molar-refractivity contribution in [2.45, 2.75) is 168 Å². The highest BCUT2D eigenvalue weighted by molar-refractivity contribution is 5.90. The predicted octanol–water partition coefficient (Wildman–Crippen LogP) is 11.5. The van der Waals surface area contributed by atoms with Gasteiger partial charge in [0.15, 0.2) is 0 Å². The van der Waals surface area contributed by atoms with Crippen molar-refractivity contribution < 1.29 is 23.8 Å². The second-order valence-electron chi connectivity index (χ2n) is 15.6. The monoisotopic (exact) mass is 648 g/mol. The third-order valence-corrected chi connectivity index (χ3v) is 9.31. The van der Waals surface area contributed by atoms with Gasteiger partial charge in [-0.2, -0.15) is 0 Å². The van der Waals surface area contributed by atoms with Crippen molar-refractivity contribution in [2.24, 2.45) is 0 Å². The van der Waals surface area contributed by atoms with Gasteiger partial charge in [0.1, 0.15) is 30.6 Å². The van der Waals surface area contributed by atoms with Crippen LogP contribution in [-0.2, 0) is 25.2 Å². The van der Waals surface area contributed by atoms with E-state index in [1.54, 1.807) is 0 Å². The van der Waals surface area contributed by atoms with E-state index in [1.807, 2.05) is 30.3 Å². The van der Waals surface area contributed by atoms with Gasteiger partial charge < -0.3 is 14.2 Å². The molecule has 0 aromatic heterocycles. The third kappa shape index (κ3) is 12.6. The number of ether oxygens (including phenoxy) is 3. The van der Waals surface area contributed by atoms with Crippen molar-refractivity contribution in [3.63, 3.8) is 0 Å². The Bertz CT molecular complexity index is 1230. The van der Waals surface area contributed by atoms with Crippen molar-refractivity contribution in [1.29, 1.82) is 0 Å². The molecule has 0 N–H and O–H groups in total. The molecule has 0 aliphatic carbocycles. The van der Waals surface area contributed by atoms with Gasteiger partial charge in [-0.1, -0.05) is 157 Å². The van der Waals surface area contributed by atoms with E-state index in [4.69, 9.17) is 14.2 Å². The Balaban J connectivity index is 1.32. The number of hydrogen-bond donors (Lipinski definition) is 0. The molecular weight excluding hydrogens is 584 g/mol. The highest BCUT2D eigenvalue weighted by Crippen LogP contribution is 2.48. The zero-order valence-electron chi connectivity index (χ0n) is 30.8. The molecule has 0 radical (unpaired) electrons. The smallest absolute Gasteiger partial charge is 0.323 e. The third-order valence-electron chi connectivity index (χ3n) is 9.31. The molecule has 1 aliphatic rings. The maximum absolute atomic E-state index is 13.2. The fraction of sp³-hybridized carbons (Fsp3) is 0.667. The number of carbonyl (C=O) groups is 2. The summed E-state index contributed by atoms with van der Waals surface area (Å²) < 4.78 is 17.0. The van der Waals surface area contributed by atoms with Crippen molar-refractivity contribution in [2.75, 3.05) is 13.2 Å². The number of unbranched alkanes of at least 4 members (excludes halogenated alkanes) is 14. The van der Waals surface area contributed by atoms with Gasteiger partial charge in [0, 0.05) is 12.0 Å². The summed E-state index contributed by atoms with van der Waals surface area (Å²) in [5.41, 5.74) is 4.05. The molecule has 2 aromatic carbocycles. The van der Waals surface area contributed by atoms with Crippen molar-refractivity contribution in [3.8, 4) is 11.5 Å². The van der Waals surface area contributed by atoms with Crippen LogP contribution in [0.1, 0.15) is 179 Å². The highest BCUT2D eigenvalue weighted by atomic mass is 16.6. The zero-order valence-corrected chi connectivity index (χ0v) is 30.8. The van der Waals surface area contributed by atoms with Crippen LogP contribution in [0.15, 0.2) is 36.4 Å². The van der Waals surface area contributed by atoms with Crippen LogP contribution in [0, 0.1) is 0 Å².